The number of nitrogens with zero attached hydrogens (tertiary/aromatic N) is 2. The van der Waals surface area contributed by atoms with E-state index >= 15 is 0 Å². The number of aryl methyl sites for hydroxylation is 1. The van der Waals surface area contributed by atoms with Gasteiger partial charge in [0.25, 0.3) is 0 Å². The monoisotopic (exact) mass is 406 g/mol. The molecular formula is C20H11F5N2O2. The number of benzene rings is 1. The fourth-order valence-corrected chi connectivity index (χ4v) is 3.14. The Morgan fingerprint density at radius 2 is 1.72 bits per heavy atom. The lowest BCUT2D eigenvalue weighted by molar-refractivity contribution is -0.138. The van der Waals surface area contributed by atoms with E-state index in [0.717, 1.165) is 12.1 Å². The highest BCUT2D eigenvalue weighted by Crippen LogP contribution is 2.34. The highest BCUT2D eigenvalue weighted by atomic mass is 19.4. The molecule has 0 bridgehead atoms. The number of carbonyl (C=O) groups is 2. The maximum absolute atomic E-state index is 14.5. The Balaban J connectivity index is 2.10. The maximum atomic E-state index is 14.5. The molecule has 0 fully saturated rings. The third-order valence-electron chi connectivity index (χ3n) is 4.64. The first-order valence-corrected chi connectivity index (χ1v) is 8.22. The van der Waals surface area contributed by atoms with E-state index in [-0.39, 0.29) is 22.4 Å². The van der Waals surface area contributed by atoms with Gasteiger partial charge in [-0.3, -0.25) is 9.59 Å². The van der Waals surface area contributed by atoms with Gasteiger partial charge in [-0.1, -0.05) is 0 Å². The van der Waals surface area contributed by atoms with E-state index in [9.17, 15) is 31.5 Å². The molecule has 9 heteroatoms. The lowest BCUT2D eigenvalue weighted by Gasteiger charge is -2.21. The summed E-state index contributed by atoms with van der Waals surface area (Å²) in [5.41, 5.74) is -4.15. The third kappa shape index (κ3) is 3.31. The number of ketones is 2. The van der Waals surface area contributed by atoms with Gasteiger partial charge in [-0.25, -0.2) is 13.8 Å². The summed E-state index contributed by atoms with van der Waals surface area (Å²) >= 11 is 0. The fourth-order valence-electron chi connectivity index (χ4n) is 3.14. The summed E-state index contributed by atoms with van der Waals surface area (Å²) in [5, 5.41) is 8.95. The van der Waals surface area contributed by atoms with E-state index in [1.54, 1.807) is 0 Å². The van der Waals surface area contributed by atoms with Gasteiger partial charge in [-0.15, -0.1) is 0 Å². The first-order chi connectivity index (χ1) is 13.5. The minimum atomic E-state index is -4.79. The predicted molar refractivity (Wildman–Crippen MR) is 90.1 cm³/mol. The number of rotatable bonds is 2. The second kappa shape index (κ2) is 6.88. The predicted octanol–water partition coefficient (Wildman–Crippen LogP) is 4.50. The number of allylic oxidation sites excluding steroid dienone is 2. The van der Waals surface area contributed by atoms with Crippen LogP contribution in [0.3, 0.4) is 0 Å². The lowest BCUT2D eigenvalue weighted by Crippen LogP contribution is -2.26. The Morgan fingerprint density at radius 1 is 1.07 bits per heavy atom. The number of alkyl halides is 3. The first kappa shape index (κ1) is 20.3. The van der Waals surface area contributed by atoms with Gasteiger partial charge >= 0.3 is 6.18 Å². The second-order valence-electron chi connectivity index (χ2n) is 6.49. The molecule has 1 heterocycles. The quantitative estimate of drug-likeness (QED) is 0.689. The number of carbonyl (C=O) groups excluding carboxylic acids is 2. The zero-order valence-corrected chi connectivity index (χ0v) is 15.0. The minimum absolute atomic E-state index is 0.0953. The van der Waals surface area contributed by atoms with Crippen molar-refractivity contribution in [3.05, 3.63) is 74.6 Å². The van der Waals surface area contributed by atoms with Gasteiger partial charge in [-0.2, -0.15) is 18.4 Å². The van der Waals surface area contributed by atoms with E-state index in [1.165, 1.54) is 19.9 Å². The SMILES string of the molecule is CC1=C(Cc2ccc(C(F)(F)F)c(C#N)n2)C(=O)c2c(F)c(C)cc(F)c2C1=O. The molecule has 3 rings (SSSR count). The van der Waals surface area contributed by atoms with E-state index in [4.69, 9.17) is 5.26 Å². The molecule has 1 aliphatic carbocycles. The van der Waals surface area contributed by atoms with E-state index in [1.807, 2.05) is 0 Å². The van der Waals surface area contributed by atoms with Crippen LogP contribution in [0.1, 0.15) is 50.2 Å². The van der Waals surface area contributed by atoms with Crippen LogP contribution in [0, 0.1) is 29.9 Å². The highest BCUT2D eigenvalue weighted by molar-refractivity contribution is 6.27. The largest absolute Gasteiger partial charge is 0.419 e. The van der Waals surface area contributed by atoms with Crippen molar-refractivity contribution in [3.63, 3.8) is 0 Å². The number of pyridine rings is 1. The number of aromatic nitrogens is 1. The molecule has 0 saturated heterocycles. The summed E-state index contributed by atoms with van der Waals surface area (Å²) in [5.74, 6) is -3.91. The van der Waals surface area contributed by atoms with Crippen molar-refractivity contribution in [2.24, 2.45) is 0 Å². The number of hydrogen-bond acceptors (Lipinski definition) is 4. The summed E-state index contributed by atoms with van der Waals surface area (Å²) in [7, 11) is 0. The lowest BCUT2D eigenvalue weighted by atomic mass is 9.81. The van der Waals surface area contributed by atoms with Gasteiger partial charge in [0.05, 0.1) is 16.7 Å². The summed E-state index contributed by atoms with van der Waals surface area (Å²) in [6, 6.07) is 3.76. The Kier molecular flexibility index (Phi) is 4.82. The smallest absolute Gasteiger partial charge is 0.289 e. The van der Waals surface area contributed by atoms with Crippen LogP contribution in [0.15, 0.2) is 29.3 Å². The van der Waals surface area contributed by atoms with Crippen LogP contribution >= 0.6 is 0 Å². The van der Waals surface area contributed by atoms with Crippen LogP contribution in [-0.2, 0) is 12.6 Å². The fraction of sp³-hybridized carbons (Fsp3) is 0.200. The van der Waals surface area contributed by atoms with E-state index < -0.39 is 58.2 Å². The molecule has 1 aromatic carbocycles. The number of nitriles is 1. The van der Waals surface area contributed by atoms with Gasteiger partial charge in [0.1, 0.15) is 17.7 Å². The average molecular weight is 406 g/mol. The summed E-state index contributed by atoms with van der Waals surface area (Å²) in [6.45, 7) is 2.48. The molecule has 1 aliphatic rings. The van der Waals surface area contributed by atoms with E-state index in [0.29, 0.717) is 6.07 Å². The molecule has 0 unspecified atom stereocenters. The van der Waals surface area contributed by atoms with Crippen LogP contribution < -0.4 is 0 Å². The van der Waals surface area contributed by atoms with Gasteiger partial charge in [0.15, 0.2) is 17.3 Å². The van der Waals surface area contributed by atoms with Gasteiger partial charge in [0, 0.05) is 23.3 Å². The molecule has 0 amide bonds. The van der Waals surface area contributed by atoms with Gasteiger partial charge in [0.2, 0.25) is 0 Å². The van der Waals surface area contributed by atoms with Crippen molar-refractivity contribution in [1.82, 2.24) is 4.98 Å². The Morgan fingerprint density at radius 3 is 2.31 bits per heavy atom. The number of hydrogen-bond donors (Lipinski definition) is 0. The molecule has 29 heavy (non-hydrogen) atoms. The van der Waals surface area contributed by atoms with Crippen LogP contribution in [0.25, 0.3) is 0 Å². The zero-order chi connectivity index (χ0) is 21.7. The molecular weight excluding hydrogens is 395 g/mol. The second-order valence-corrected chi connectivity index (χ2v) is 6.49. The average Bonchev–Trinajstić information content (AvgIpc) is 2.65. The Hall–Kier alpha value is -3.41. The van der Waals surface area contributed by atoms with Crippen LogP contribution in [-0.4, -0.2) is 16.6 Å². The van der Waals surface area contributed by atoms with Crippen molar-refractivity contribution in [2.75, 3.05) is 0 Å². The molecule has 0 aliphatic heterocycles. The number of Topliss-reactive ketones (excluding diaryl/α,β-unsaturated/α-hetero) is 2. The molecule has 0 N–H and O–H groups in total. The number of halogens is 5. The summed E-state index contributed by atoms with van der Waals surface area (Å²) in [4.78, 5) is 28.9. The van der Waals surface area contributed by atoms with Crippen molar-refractivity contribution in [2.45, 2.75) is 26.4 Å². The molecule has 0 radical (unpaired) electrons. The van der Waals surface area contributed by atoms with Crippen LogP contribution in [0.4, 0.5) is 22.0 Å². The van der Waals surface area contributed by atoms with Crippen LogP contribution in [0.2, 0.25) is 0 Å². The molecule has 0 spiro atoms. The first-order valence-electron chi connectivity index (χ1n) is 8.22. The maximum Gasteiger partial charge on any atom is 0.419 e. The minimum Gasteiger partial charge on any atom is -0.289 e. The Bertz CT molecular complexity index is 1160. The zero-order valence-electron chi connectivity index (χ0n) is 15.0. The van der Waals surface area contributed by atoms with E-state index in [2.05, 4.69) is 4.98 Å². The van der Waals surface area contributed by atoms with Crippen LogP contribution in [0.5, 0.6) is 0 Å². The summed E-state index contributed by atoms with van der Waals surface area (Å²) in [6.07, 6.45) is -5.21. The van der Waals surface area contributed by atoms with Gasteiger partial charge in [-0.05, 0) is 37.6 Å². The normalized spacial score (nSPS) is 14.1. The summed E-state index contributed by atoms with van der Waals surface area (Å²) < 4.78 is 67.4. The van der Waals surface area contributed by atoms with Crippen molar-refractivity contribution in [3.8, 4) is 6.07 Å². The molecule has 148 valence electrons. The standard InChI is InChI=1S/C20H11F5N2O2/c1-8-5-13(21)15-16(17(8)22)19(29)11(9(2)18(15)28)6-10-3-4-12(20(23,24)25)14(7-26)27-10/h3-5H,6H2,1-2H3. The molecule has 1 aromatic heterocycles. The van der Waals surface area contributed by atoms with Crippen molar-refractivity contribution >= 4 is 11.6 Å². The van der Waals surface area contributed by atoms with Crippen molar-refractivity contribution in [1.29, 1.82) is 5.26 Å². The molecule has 4 nitrogen and oxygen atoms in total. The third-order valence-corrected chi connectivity index (χ3v) is 4.64. The highest BCUT2D eigenvalue weighted by Gasteiger charge is 2.37. The van der Waals surface area contributed by atoms with Crippen molar-refractivity contribution < 1.29 is 31.5 Å². The Labute approximate surface area is 161 Å². The molecule has 0 atom stereocenters. The molecule has 0 saturated carbocycles. The topological polar surface area (TPSA) is 70.8 Å². The number of fused-ring (bicyclic) bond motifs is 1. The van der Waals surface area contributed by atoms with Gasteiger partial charge < -0.3 is 0 Å². The molecule has 2 aromatic rings.